The predicted octanol–water partition coefficient (Wildman–Crippen LogP) is 2.51. The Balaban J connectivity index is 0.000000791. The number of carbonyl (C=O) groups is 1. The predicted molar refractivity (Wildman–Crippen MR) is 56.4 cm³/mol. The molecule has 14 heavy (non-hydrogen) atoms. The lowest BCUT2D eigenvalue weighted by Gasteiger charge is -2.04. The molecule has 0 aliphatic carbocycles. The molecule has 78 valence electrons. The molecular formula is C11H17NO2. The molecule has 0 saturated heterocycles. The number of aryl methyl sites for hydroxylation is 1. The zero-order valence-corrected chi connectivity index (χ0v) is 9.42. The van der Waals surface area contributed by atoms with E-state index >= 15 is 0 Å². The Morgan fingerprint density at radius 3 is 2.43 bits per heavy atom. The van der Waals surface area contributed by atoms with E-state index in [-0.39, 0.29) is 5.97 Å². The van der Waals surface area contributed by atoms with Crippen LogP contribution in [0.25, 0.3) is 0 Å². The van der Waals surface area contributed by atoms with Crippen LogP contribution in [0.3, 0.4) is 0 Å². The van der Waals surface area contributed by atoms with Gasteiger partial charge in [0.1, 0.15) is 0 Å². The van der Waals surface area contributed by atoms with Crippen LogP contribution in [0.15, 0.2) is 12.3 Å². The molecule has 0 amide bonds. The van der Waals surface area contributed by atoms with Gasteiger partial charge in [0, 0.05) is 11.9 Å². The maximum atomic E-state index is 11.1. The number of aromatic nitrogens is 1. The lowest BCUT2D eigenvalue weighted by atomic mass is 10.1. The van der Waals surface area contributed by atoms with E-state index in [9.17, 15) is 4.79 Å². The molecule has 0 spiro atoms. The highest BCUT2D eigenvalue weighted by atomic mass is 16.5. The third-order valence-corrected chi connectivity index (χ3v) is 1.86. The second kappa shape index (κ2) is 6.13. The van der Waals surface area contributed by atoms with Crippen LogP contribution in [0.4, 0.5) is 0 Å². The van der Waals surface area contributed by atoms with Crippen LogP contribution >= 0.6 is 0 Å². The highest BCUT2D eigenvalue weighted by Crippen LogP contribution is 2.10. The fourth-order valence-corrected chi connectivity index (χ4v) is 0.971. The summed E-state index contributed by atoms with van der Waals surface area (Å²) in [6, 6.07) is 1.66. The minimum absolute atomic E-state index is 0.307. The first-order chi connectivity index (χ1) is 6.66. The van der Waals surface area contributed by atoms with Gasteiger partial charge in [-0.2, -0.15) is 0 Å². The van der Waals surface area contributed by atoms with E-state index in [0.717, 1.165) is 11.3 Å². The van der Waals surface area contributed by atoms with E-state index < -0.39 is 0 Å². The Hall–Kier alpha value is -1.38. The number of esters is 1. The highest BCUT2D eigenvalue weighted by molar-refractivity contribution is 5.90. The first kappa shape index (κ1) is 12.6. The number of pyridine rings is 1. The van der Waals surface area contributed by atoms with Crippen molar-refractivity contribution >= 4 is 5.97 Å². The van der Waals surface area contributed by atoms with Gasteiger partial charge in [-0.15, -0.1) is 0 Å². The van der Waals surface area contributed by atoms with Gasteiger partial charge in [-0.05, 0) is 25.5 Å². The molecule has 1 heterocycles. The zero-order valence-electron chi connectivity index (χ0n) is 9.42. The second-order valence-electron chi connectivity index (χ2n) is 2.56. The van der Waals surface area contributed by atoms with Gasteiger partial charge in [0.25, 0.3) is 0 Å². The molecule has 0 radical (unpaired) electrons. The van der Waals surface area contributed by atoms with Gasteiger partial charge in [-0.25, -0.2) is 4.79 Å². The maximum Gasteiger partial charge on any atom is 0.338 e. The summed E-state index contributed by atoms with van der Waals surface area (Å²) in [6.07, 6.45) is 1.61. The van der Waals surface area contributed by atoms with E-state index in [1.54, 1.807) is 12.3 Å². The van der Waals surface area contributed by atoms with Crippen molar-refractivity contribution in [2.45, 2.75) is 27.7 Å². The normalized spacial score (nSPS) is 8.64. The van der Waals surface area contributed by atoms with E-state index in [1.807, 2.05) is 27.7 Å². The summed E-state index contributed by atoms with van der Waals surface area (Å²) in [6.45, 7) is 7.72. The summed E-state index contributed by atoms with van der Waals surface area (Å²) in [7, 11) is 1.37. The second-order valence-corrected chi connectivity index (χ2v) is 2.56. The van der Waals surface area contributed by atoms with E-state index in [4.69, 9.17) is 0 Å². The third-order valence-electron chi connectivity index (χ3n) is 1.86. The Morgan fingerprint density at radius 2 is 1.93 bits per heavy atom. The van der Waals surface area contributed by atoms with Crippen LogP contribution in [0.2, 0.25) is 0 Å². The SMILES string of the molecule is CC.COC(=O)c1ccnc(C)c1C. The van der Waals surface area contributed by atoms with Gasteiger partial charge >= 0.3 is 5.97 Å². The molecule has 0 aliphatic rings. The van der Waals surface area contributed by atoms with Crippen molar-refractivity contribution in [1.29, 1.82) is 0 Å². The third kappa shape index (κ3) is 2.83. The number of methoxy groups -OCH3 is 1. The summed E-state index contributed by atoms with van der Waals surface area (Å²) < 4.78 is 4.61. The van der Waals surface area contributed by atoms with E-state index in [2.05, 4.69) is 9.72 Å². The highest BCUT2D eigenvalue weighted by Gasteiger charge is 2.09. The number of nitrogens with zero attached hydrogens (tertiary/aromatic N) is 1. The number of hydrogen-bond donors (Lipinski definition) is 0. The monoisotopic (exact) mass is 195 g/mol. The van der Waals surface area contributed by atoms with Gasteiger partial charge in [0.15, 0.2) is 0 Å². The fraction of sp³-hybridized carbons (Fsp3) is 0.455. The van der Waals surface area contributed by atoms with Crippen LogP contribution in [0.5, 0.6) is 0 Å². The standard InChI is InChI=1S/C9H11NO2.C2H6/c1-6-7(2)10-5-4-8(6)9(11)12-3;1-2/h4-5H,1-3H3;1-2H3. The van der Waals surface area contributed by atoms with Crippen molar-refractivity contribution in [2.24, 2.45) is 0 Å². The molecule has 0 unspecified atom stereocenters. The number of hydrogen-bond acceptors (Lipinski definition) is 3. The van der Waals surface area contributed by atoms with Crippen molar-refractivity contribution < 1.29 is 9.53 Å². The Labute approximate surface area is 85.1 Å². The lowest BCUT2D eigenvalue weighted by Crippen LogP contribution is -2.05. The Bertz CT molecular complexity index is 308. The van der Waals surface area contributed by atoms with Crippen LogP contribution in [-0.4, -0.2) is 18.1 Å². The summed E-state index contributed by atoms with van der Waals surface area (Å²) in [5.74, 6) is -0.307. The first-order valence-electron chi connectivity index (χ1n) is 4.67. The largest absolute Gasteiger partial charge is 0.465 e. The molecule has 1 aromatic heterocycles. The van der Waals surface area contributed by atoms with Gasteiger partial charge < -0.3 is 4.74 Å². The summed E-state index contributed by atoms with van der Waals surface area (Å²) in [4.78, 5) is 15.2. The lowest BCUT2D eigenvalue weighted by molar-refractivity contribution is 0.0599. The molecule has 0 fully saturated rings. The minimum atomic E-state index is -0.307. The quantitative estimate of drug-likeness (QED) is 0.646. The molecule has 0 saturated carbocycles. The molecule has 0 atom stereocenters. The number of ether oxygens (including phenoxy) is 1. The fourth-order valence-electron chi connectivity index (χ4n) is 0.971. The smallest absolute Gasteiger partial charge is 0.338 e. The van der Waals surface area contributed by atoms with Crippen LogP contribution in [0, 0.1) is 13.8 Å². The topological polar surface area (TPSA) is 39.2 Å². The van der Waals surface area contributed by atoms with E-state index in [1.165, 1.54) is 7.11 Å². The van der Waals surface area contributed by atoms with Crippen LogP contribution in [0.1, 0.15) is 35.5 Å². The van der Waals surface area contributed by atoms with Crippen molar-refractivity contribution in [2.75, 3.05) is 7.11 Å². The summed E-state index contributed by atoms with van der Waals surface area (Å²) in [5, 5.41) is 0. The molecule has 3 heteroatoms. The molecule has 1 aromatic rings. The van der Waals surface area contributed by atoms with Crippen molar-refractivity contribution in [3.05, 3.63) is 29.1 Å². The summed E-state index contributed by atoms with van der Waals surface area (Å²) in [5.41, 5.74) is 2.33. The Morgan fingerprint density at radius 1 is 1.36 bits per heavy atom. The van der Waals surface area contributed by atoms with Crippen molar-refractivity contribution in [3.8, 4) is 0 Å². The number of rotatable bonds is 1. The number of carbonyl (C=O) groups excluding carboxylic acids is 1. The van der Waals surface area contributed by atoms with Gasteiger partial charge in [0.05, 0.1) is 12.7 Å². The molecule has 0 aliphatic heterocycles. The molecular weight excluding hydrogens is 178 g/mol. The first-order valence-corrected chi connectivity index (χ1v) is 4.67. The van der Waals surface area contributed by atoms with Crippen LogP contribution in [-0.2, 0) is 4.74 Å². The van der Waals surface area contributed by atoms with Crippen molar-refractivity contribution in [3.63, 3.8) is 0 Å². The van der Waals surface area contributed by atoms with Gasteiger partial charge in [-0.1, -0.05) is 13.8 Å². The maximum absolute atomic E-state index is 11.1. The molecule has 3 nitrogen and oxygen atoms in total. The average Bonchev–Trinajstić information content (AvgIpc) is 2.24. The Kier molecular flexibility index (Phi) is 5.53. The average molecular weight is 195 g/mol. The minimum Gasteiger partial charge on any atom is -0.465 e. The van der Waals surface area contributed by atoms with Crippen LogP contribution < -0.4 is 0 Å². The van der Waals surface area contributed by atoms with E-state index in [0.29, 0.717) is 5.56 Å². The summed E-state index contributed by atoms with van der Waals surface area (Å²) >= 11 is 0. The molecule has 0 aromatic carbocycles. The zero-order chi connectivity index (χ0) is 11.1. The van der Waals surface area contributed by atoms with Gasteiger partial charge in [-0.3, -0.25) is 4.98 Å². The molecule has 0 N–H and O–H groups in total. The van der Waals surface area contributed by atoms with Crippen molar-refractivity contribution in [1.82, 2.24) is 4.98 Å². The molecule has 1 rings (SSSR count). The molecule has 0 bridgehead atoms. The van der Waals surface area contributed by atoms with Gasteiger partial charge in [0.2, 0.25) is 0 Å².